The van der Waals surface area contributed by atoms with Gasteiger partial charge in [-0.25, -0.2) is 0 Å². The second-order valence-corrected chi connectivity index (χ2v) is 7.51. The number of benzene rings is 1. The fourth-order valence-electron chi connectivity index (χ4n) is 1.65. The quantitative estimate of drug-likeness (QED) is 0.433. The van der Waals surface area contributed by atoms with Crippen molar-refractivity contribution in [2.24, 2.45) is 0 Å². The van der Waals surface area contributed by atoms with Gasteiger partial charge in [0.1, 0.15) is 5.75 Å². The molecule has 7 nitrogen and oxygen atoms in total. The molecule has 0 aliphatic carbocycles. The number of carbonyl (C=O) groups excluding carboxylic acids is 2. The van der Waals surface area contributed by atoms with Gasteiger partial charge in [0.05, 0.1) is 12.9 Å². The summed E-state index contributed by atoms with van der Waals surface area (Å²) in [5.41, 5.74) is 0.864. The van der Waals surface area contributed by atoms with Crippen LogP contribution in [0.2, 0.25) is 5.02 Å². The normalized spacial score (nSPS) is 11.7. The minimum Gasteiger partial charge on any atom is -0.481 e. The van der Waals surface area contributed by atoms with E-state index in [1.807, 2.05) is 6.92 Å². The van der Waals surface area contributed by atoms with Gasteiger partial charge in [-0.15, -0.1) is 10.2 Å². The smallest absolute Gasteiger partial charge is 0.316 e. The zero-order chi connectivity index (χ0) is 18.4. The summed E-state index contributed by atoms with van der Waals surface area (Å²) < 4.78 is 10.7. The molecule has 1 N–H and O–H groups in total. The molecule has 134 valence electrons. The molecule has 10 heteroatoms. The van der Waals surface area contributed by atoms with Crippen LogP contribution in [0.4, 0.5) is 5.13 Å². The Balaban J connectivity index is 1.89. The summed E-state index contributed by atoms with van der Waals surface area (Å²) in [7, 11) is 1.32. The first-order chi connectivity index (χ1) is 11.9. The lowest BCUT2D eigenvalue weighted by atomic mass is 10.2. The third kappa shape index (κ3) is 5.87. The van der Waals surface area contributed by atoms with Crippen LogP contribution < -0.4 is 10.1 Å². The number of hydrogen-bond acceptors (Lipinski definition) is 8. The number of thioether (sulfide) groups is 1. The van der Waals surface area contributed by atoms with E-state index in [1.165, 1.54) is 30.2 Å². The Kier molecular flexibility index (Phi) is 7.03. The van der Waals surface area contributed by atoms with Crippen molar-refractivity contribution in [2.45, 2.75) is 24.3 Å². The second kappa shape index (κ2) is 9.02. The van der Waals surface area contributed by atoms with E-state index in [9.17, 15) is 9.59 Å². The Bertz CT molecular complexity index is 769. The number of carbonyl (C=O) groups is 2. The predicted octanol–water partition coefficient (Wildman–Crippen LogP) is 3.17. The summed E-state index contributed by atoms with van der Waals surface area (Å²) in [5, 5.41) is 11.4. The number of esters is 1. The molecule has 0 aliphatic heterocycles. The van der Waals surface area contributed by atoms with Gasteiger partial charge >= 0.3 is 5.97 Å². The monoisotopic (exact) mass is 401 g/mol. The number of nitrogens with one attached hydrogen (secondary N) is 1. The Labute approximate surface area is 158 Å². The van der Waals surface area contributed by atoms with E-state index < -0.39 is 6.10 Å². The average Bonchev–Trinajstić information content (AvgIpc) is 3.03. The van der Waals surface area contributed by atoms with Gasteiger partial charge in [0.2, 0.25) is 5.13 Å². The molecule has 0 aliphatic rings. The number of aryl methyl sites for hydroxylation is 1. The lowest BCUT2D eigenvalue weighted by Crippen LogP contribution is -2.30. The van der Waals surface area contributed by atoms with Gasteiger partial charge < -0.3 is 9.47 Å². The number of methoxy groups -OCH3 is 1. The van der Waals surface area contributed by atoms with Crippen LogP contribution in [0.1, 0.15) is 12.5 Å². The van der Waals surface area contributed by atoms with E-state index in [0.29, 0.717) is 20.2 Å². The largest absolute Gasteiger partial charge is 0.481 e. The molecule has 1 aromatic heterocycles. The zero-order valence-electron chi connectivity index (χ0n) is 13.7. The van der Waals surface area contributed by atoms with Crippen LogP contribution in [0, 0.1) is 6.92 Å². The van der Waals surface area contributed by atoms with Crippen LogP contribution in [-0.2, 0) is 14.3 Å². The molecule has 0 radical (unpaired) electrons. The van der Waals surface area contributed by atoms with E-state index in [1.54, 1.807) is 25.1 Å². The van der Waals surface area contributed by atoms with Gasteiger partial charge in [0.25, 0.3) is 5.91 Å². The number of hydrogen-bond donors (Lipinski definition) is 1. The number of amides is 1. The highest BCUT2D eigenvalue weighted by atomic mass is 35.5. The number of ether oxygens (including phenoxy) is 2. The maximum Gasteiger partial charge on any atom is 0.316 e. The molecule has 0 saturated heterocycles. The molecule has 25 heavy (non-hydrogen) atoms. The maximum atomic E-state index is 12.2. The van der Waals surface area contributed by atoms with Crippen LogP contribution in [0.3, 0.4) is 0 Å². The topological polar surface area (TPSA) is 90.4 Å². The molecule has 0 fully saturated rings. The third-order valence-corrected chi connectivity index (χ3v) is 5.36. The van der Waals surface area contributed by atoms with Gasteiger partial charge in [0.15, 0.2) is 10.4 Å². The molecule has 0 spiro atoms. The van der Waals surface area contributed by atoms with E-state index in [4.69, 9.17) is 16.3 Å². The summed E-state index contributed by atoms with van der Waals surface area (Å²) in [6.45, 7) is 3.49. The first-order valence-corrected chi connectivity index (χ1v) is 9.34. The van der Waals surface area contributed by atoms with Crippen LogP contribution in [0.5, 0.6) is 5.75 Å². The molecule has 2 aromatic rings. The summed E-state index contributed by atoms with van der Waals surface area (Å²) in [4.78, 5) is 23.3. The van der Waals surface area contributed by atoms with Crippen molar-refractivity contribution in [1.29, 1.82) is 0 Å². The van der Waals surface area contributed by atoms with Gasteiger partial charge in [0, 0.05) is 5.02 Å². The third-order valence-electron chi connectivity index (χ3n) is 2.99. The summed E-state index contributed by atoms with van der Waals surface area (Å²) in [6.07, 6.45) is -0.726. The summed E-state index contributed by atoms with van der Waals surface area (Å²) in [6, 6.07) is 5.18. The Morgan fingerprint density at radius 1 is 1.40 bits per heavy atom. The fraction of sp³-hybridized carbons (Fsp3) is 0.333. The standard InChI is InChI=1S/C15H16ClN3O4S2/c1-8-6-10(4-5-11(8)16)23-9(2)13(21)17-14-18-19-15(25-14)24-7-12(20)22-3/h4-6,9H,7H2,1-3H3,(H,17,18,21). The lowest BCUT2D eigenvalue weighted by Gasteiger charge is -2.14. The van der Waals surface area contributed by atoms with Crippen LogP contribution >= 0.6 is 34.7 Å². The first kappa shape index (κ1) is 19.5. The lowest BCUT2D eigenvalue weighted by molar-refractivity contribution is -0.137. The average molecular weight is 402 g/mol. The highest BCUT2D eigenvalue weighted by molar-refractivity contribution is 8.01. The van der Waals surface area contributed by atoms with E-state index in [2.05, 4.69) is 20.3 Å². The SMILES string of the molecule is COC(=O)CSc1nnc(NC(=O)C(C)Oc2ccc(Cl)c(C)c2)s1. The molecule has 1 heterocycles. The summed E-state index contributed by atoms with van der Waals surface area (Å²) >= 11 is 8.32. The van der Waals surface area contributed by atoms with Crippen molar-refractivity contribution in [1.82, 2.24) is 10.2 Å². The highest BCUT2D eigenvalue weighted by Crippen LogP contribution is 2.26. The van der Waals surface area contributed by atoms with Gasteiger partial charge in [-0.3, -0.25) is 14.9 Å². The van der Waals surface area contributed by atoms with Crippen molar-refractivity contribution < 1.29 is 19.1 Å². The van der Waals surface area contributed by atoms with Crippen molar-refractivity contribution in [3.05, 3.63) is 28.8 Å². The van der Waals surface area contributed by atoms with Crippen molar-refractivity contribution >= 4 is 51.7 Å². The molecule has 0 saturated carbocycles. The summed E-state index contributed by atoms with van der Waals surface area (Å²) in [5.74, 6) is -0.0235. The van der Waals surface area contributed by atoms with Gasteiger partial charge in [-0.05, 0) is 37.6 Å². The first-order valence-electron chi connectivity index (χ1n) is 7.16. The van der Waals surface area contributed by atoms with Gasteiger partial charge in [-0.1, -0.05) is 34.7 Å². The maximum absolute atomic E-state index is 12.2. The van der Waals surface area contributed by atoms with Crippen molar-refractivity contribution in [2.75, 3.05) is 18.2 Å². The minimum absolute atomic E-state index is 0.133. The molecular formula is C15H16ClN3O4S2. The van der Waals surface area contributed by atoms with Gasteiger partial charge in [-0.2, -0.15) is 0 Å². The Morgan fingerprint density at radius 3 is 2.84 bits per heavy atom. The predicted molar refractivity (Wildman–Crippen MR) is 97.6 cm³/mol. The molecule has 2 rings (SSSR count). The Morgan fingerprint density at radius 2 is 2.16 bits per heavy atom. The van der Waals surface area contributed by atoms with E-state index in [-0.39, 0.29) is 17.6 Å². The number of nitrogens with zero attached hydrogens (tertiary/aromatic N) is 2. The molecule has 0 bridgehead atoms. The van der Waals surface area contributed by atoms with Crippen molar-refractivity contribution in [3.63, 3.8) is 0 Å². The minimum atomic E-state index is -0.726. The molecular weight excluding hydrogens is 386 g/mol. The molecule has 1 amide bonds. The number of halogens is 1. The zero-order valence-corrected chi connectivity index (χ0v) is 16.1. The number of anilines is 1. The number of rotatable bonds is 7. The van der Waals surface area contributed by atoms with E-state index in [0.717, 1.165) is 5.56 Å². The highest BCUT2D eigenvalue weighted by Gasteiger charge is 2.17. The van der Waals surface area contributed by atoms with Crippen LogP contribution in [-0.4, -0.2) is 41.0 Å². The second-order valence-electron chi connectivity index (χ2n) is 4.90. The van der Waals surface area contributed by atoms with Crippen LogP contribution in [0.25, 0.3) is 0 Å². The molecule has 1 aromatic carbocycles. The molecule has 1 atom stereocenters. The van der Waals surface area contributed by atoms with Crippen molar-refractivity contribution in [3.8, 4) is 5.75 Å². The number of aromatic nitrogens is 2. The fourth-order valence-corrected chi connectivity index (χ4v) is 3.36. The Hall–Kier alpha value is -1.84. The van der Waals surface area contributed by atoms with Crippen LogP contribution in [0.15, 0.2) is 22.5 Å². The molecule has 1 unspecified atom stereocenters. The van der Waals surface area contributed by atoms with E-state index >= 15 is 0 Å².